The SMILES string of the molecule is Cc1[c]ccc(-c2ccnc(Nc3ccc(N4CCOCC4)cc3)n2)c1. The van der Waals surface area contributed by atoms with Crippen molar-refractivity contribution in [1.29, 1.82) is 0 Å². The summed E-state index contributed by atoms with van der Waals surface area (Å²) in [7, 11) is 0. The van der Waals surface area contributed by atoms with Gasteiger partial charge in [0.1, 0.15) is 0 Å². The number of anilines is 3. The Labute approximate surface area is 153 Å². The molecule has 1 N–H and O–H groups in total. The van der Waals surface area contributed by atoms with Gasteiger partial charge in [0, 0.05) is 36.2 Å². The van der Waals surface area contributed by atoms with Crippen LogP contribution in [0, 0.1) is 13.0 Å². The highest BCUT2D eigenvalue weighted by Gasteiger charge is 2.11. The first-order valence-corrected chi connectivity index (χ1v) is 8.79. The third-order valence-electron chi connectivity index (χ3n) is 4.40. The first kappa shape index (κ1) is 16.5. The van der Waals surface area contributed by atoms with Crippen molar-refractivity contribution in [2.24, 2.45) is 0 Å². The van der Waals surface area contributed by atoms with E-state index in [4.69, 9.17) is 4.74 Å². The van der Waals surface area contributed by atoms with Crippen LogP contribution in [0.5, 0.6) is 0 Å². The van der Waals surface area contributed by atoms with Crippen LogP contribution in [0.15, 0.2) is 54.7 Å². The molecule has 0 unspecified atom stereocenters. The van der Waals surface area contributed by atoms with Gasteiger partial charge in [0.15, 0.2) is 0 Å². The molecule has 0 bridgehead atoms. The Bertz CT molecular complexity index is 873. The number of nitrogens with one attached hydrogen (secondary N) is 1. The predicted molar refractivity (Wildman–Crippen MR) is 104 cm³/mol. The average molecular weight is 345 g/mol. The van der Waals surface area contributed by atoms with Gasteiger partial charge in [-0.15, -0.1) is 0 Å². The first-order chi connectivity index (χ1) is 12.8. The molecule has 1 aromatic heterocycles. The van der Waals surface area contributed by atoms with Crippen LogP contribution in [-0.2, 0) is 4.74 Å². The zero-order valence-electron chi connectivity index (χ0n) is 14.8. The van der Waals surface area contributed by atoms with Gasteiger partial charge in [0.05, 0.1) is 18.9 Å². The molecule has 0 aliphatic carbocycles. The molecule has 2 heterocycles. The predicted octanol–water partition coefficient (Wildman–Crippen LogP) is 3.83. The van der Waals surface area contributed by atoms with E-state index in [2.05, 4.69) is 56.6 Å². The van der Waals surface area contributed by atoms with E-state index in [-0.39, 0.29) is 0 Å². The van der Waals surface area contributed by atoms with Crippen LogP contribution in [0.4, 0.5) is 17.3 Å². The standard InChI is InChI=1S/C21H21N4O/c1-16-3-2-4-17(15-16)20-9-10-22-21(24-20)23-18-5-7-19(8-6-18)25-11-13-26-14-12-25/h2,4-10,15H,11-14H2,1H3,(H,22,23,24). The van der Waals surface area contributed by atoms with Gasteiger partial charge in [-0.25, -0.2) is 9.97 Å². The van der Waals surface area contributed by atoms with E-state index in [1.807, 2.05) is 25.1 Å². The molecule has 5 heteroatoms. The van der Waals surface area contributed by atoms with E-state index >= 15 is 0 Å². The molecule has 0 amide bonds. The Balaban J connectivity index is 1.49. The molecule has 131 valence electrons. The fourth-order valence-electron chi connectivity index (χ4n) is 3.03. The molecule has 1 aliphatic rings. The van der Waals surface area contributed by atoms with Gasteiger partial charge in [-0.1, -0.05) is 12.1 Å². The number of hydrogen-bond donors (Lipinski definition) is 1. The molecular formula is C21H21N4O. The second-order valence-corrected chi connectivity index (χ2v) is 6.30. The van der Waals surface area contributed by atoms with Crippen LogP contribution in [0.3, 0.4) is 0 Å². The van der Waals surface area contributed by atoms with Crippen molar-refractivity contribution in [3.63, 3.8) is 0 Å². The highest BCUT2D eigenvalue weighted by Crippen LogP contribution is 2.22. The number of ether oxygens (including phenoxy) is 1. The van der Waals surface area contributed by atoms with Crippen molar-refractivity contribution >= 4 is 17.3 Å². The van der Waals surface area contributed by atoms with Crippen molar-refractivity contribution in [1.82, 2.24) is 9.97 Å². The Morgan fingerprint density at radius 3 is 2.65 bits per heavy atom. The zero-order chi connectivity index (χ0) is 17.8. The van der Waals surface area contributed by atoms with Gasteiger partial charge < -0.3 is 15.0 Å². The summed E-state index contributed by atoms with van der Waals surface area (Å²) >= 11 is 0. The maximum Gasteiger partial charge on any atom is 0.227 e. The van der Waals surface area contributed by atoms with E-state index in [1.165, 1.54) is 5.69 Å². The van der Waals surface area contributed by atoms with Gasteiger partial charge in [-0.05, 0) is 55.0 Å². The lowest BCUT2D eigenvalue weighted by Crippen LogP contribution is -2.36. The van der Waals surface area contributed by atoms with Crippen LogP contribution in [-0.4, -0.2) is 36.3 Å². The summed E-state index contributed by atoms with van der Waals surface area (Å²) in [5.41, 5.74) is 5.23. The molecule has 4 rings (SSSR count). The molecule has 1 fully saturated rings. The molecule has 1 saturated heterocycles. The monoisotopic (exact) mass is 345 g/mol. The molecule has 0 spiro atoms. The largest absolute Gasteiger partial charge is 0.378 e. The molecular weight excluding hydrogens is 324 g/mol. The van der Waals surface area contributed by atoms with Crippen molar-refractivity contribution < 1.29 is 4.74 Å². The van der Waals surface area contributed by atoms with Gasteiger partial charge in [0.2, 0.25) is 5.95 Å². The molecule has 2 aromatic carbocycles. The summed E-state index contributed by atoms with van der Waals surface area (Å²) in [6.07, 6.45) is 1.78. The first-order valence-electron chi connectivity index (χ1n) is 8.79. The minimum Gasteiger partial charge on any atom is -0.378 e. The normalized spacial score (nSPS) is 14.3. The van der Waals surface area contributed by atoms with E-state index in [0.717, 1.165) is 48.8 Å². The van der Waals surface area contributed by atoms with Crippen LogP contribution in [0.25, 0.3) is 11.3 Å². The Kier molecular flexibility index (Phi) is 4.80. The second kappa shape index (κ2) is 7.54. The third-order valence-corrected chi connectivity index (χ3v) is 4.40. The summed E-state index contributed by atoms with van der Waals surface area (Å²) < 4.78 is 5.41. The second-order valence-electron chi connectivity index (χ2n) is 6.30. The van der Waals surface area contributed by atoms with Gasteiger partial charge in [-0.2, -0.15) is 0 Å². The number of aromatic nitrogens is 2. The van der Waals surface area contributed by atoms with Gasteiger partial charge in [-0.3, -0.25) is 0 Å². The average Bonchev–Trinajstić information content (AvgIpc) is 2.69. The van der Waals surface area contributed by atoms with Crippen molar-refractivity contribution in [3.05, 3.63) is 66.4 Å². The summed E-state index contributed by atoms with van der Waals surface area (Å²) in [5, 5.41) is 3.29. The topological polar surface area (TPSA) is 50.3 Å². The minimum absolute atomic E-state index is 0.590. The van der Waals surface area contributed by atoms with E-state index in [0.29, 0.717) is 5.95 Å². The molecule has 5 nitrogen and oxygen atoms in total. The number of aryl methyl sites for hydroxylation is 1. The van der Waals surface area contributed by atoms with Crippen LogP contribution >= 0.6 is 0 Å². The summed E-state index contributed by atoms with van der Waals surface area (Å²) in [6, 6.07) is 19.4. The molecule has 1 aliphatic heterocycles. The van der Waals surface area contributed by atoms with E-state index < -0.39 is 0 Å². The maximum atomic E-state index is 5.41. The van der Waals surface area contributed by atoms with Crippen molar-refractivity contribution in [2.75, 3.05) is 36.5 Å². The number of hydrogen-bond acceptors (Lipinski definition) is 5. The lowest BCUT2D eigenvalue weighted by molar-refractivity contribution is 0.122. The molecule has 26 heavy (non-hydrogen) atoms. The number of nitrogens with zero attached hydrogens (tertiary/aromatic N) is 3. The molecule has 0 atom stereocenters. The quantitative estimate of drug-likeness (QED) is 0.779. The summed E-state index contributed by atoms with van der Waals surface area (Å²) in [4.78, 5) is 11.3. The number of morpholine rings is 1. The summed E-state index contributed by atoms with van der Waals surface area (Å²) in [6.45, 7) is 5.48. The van der Waals surface area contributed by atoms with Crippen molar-refractivity contribution in [2.45, 2.75) is 6.92 Å². The molecule has 1 radical (unpaired) electrons. The van der Waals surface area contributed by atoms with Gasteiger partial charge >= 0.3 is 0 Å². The van der Waals surface area contributed by atoms with Crippen LogP contribution in [0.2, 0.25) is 0 Å². The lowest BCUT2D eigenvalue weighted by atomic mass is 10.1. The maximum absolute atomic E-state index is 5.41. The molecule has 3 aromatic rings. The number of benzene rings is 2. The minimum atomic E-state index is 0.590. The number of rotatable bonds is 4. The van der Waals surface area contributed by atoms with E-state index in [9.17, 15) is 0 Å². The summed E-state index contributed by atoms with van der Waals surface area (Å²) in [5.74, 6) is 0.590. The molecule has 0 saturated carbocycles. The fraction of sp³-hybridized carbons (Fsp3) is 0.238. The lowest BCUT2D eigenvalue weighted by Gasteiger charge is -2.28. The highest BCUT2D eigenvalue weighted by atomic mass is 16.5. The zero-order valence-corrected chi connectivity index (χ0v) is 14.8. The van der Waals surface area contributed by atoms with Crippen LogP contribution < -0.4 is 10.2 Å². The smallest absolute Gasteiger partial charge is 0.227 e. The Morgan fingerprint density at radius 1 is 1.08 bits per heavy atom. The third kappa shape index (κ3) is 3.83. The highest BCUT2D eigenvalue weighted by molar-refractivity contribution is 5.63. The van der Waals surface area contributed by atoms with E-state index in [1.54, 1.807) is 6.20 Å². The van der Waals surface area contributed by atoms with Crippen molar-refractivity contribution in [3.8, 4) is 11.3 Å². The Hall–Kier alpha value is -2.92. The van der Waals surface area contributed by atoms with Crippen LogP contribution in [0.1, 0.15) is 5.56 Å². The Morgan fingerprint density at radius 2 is 1.88 bits per heavy atom. The van der Waals surface area contributed by atoms with Gasteiger partial charge in [0.25, 0.3) is 0 Å². The fourth-order valence-corrected chi connectivity index (χ4v) is 3.03.